The summed E-state index contributed by atoms with van der Waals surface area (Å²) in [5, 5.41) is 9.01. The average molecular weight is 516 g/mol. The maximum atomic E-state index is 13.8. The van der Waals surface area contributed by atoms with Crippen molar-refractivity contribution in [2.24, 2.45) is 0 Å². The summed E-state index contributed by atoms with van der Waals surface area (Å²) in [4.78, 5) is 4.31. The molecule has 1 atom stereocenters. The number of furan rings is 1. The fraction of sp³-hybridized carbons (Fsp3) is 0.280. The second-order valence-corrected chi connectivity index (χ2v) is 9.28. The molecule has 1 aliphatic heterocycles. The summed E-state index contributed by atoms with van der Waals surface area (Å²) >= 11 is 12.2. The summed E-state index contributed by atoms with van der Waals surface area (Å²) in [6.45, 7) is 3.79. The molecule has 182 valence electrons. The number of aromatic nitrogens is 3. The number of ether oxygens (including phenoxy) is 1. The van der Waals surface area contributed by atoms with Gasteiger partial charge in [-0.2, -0.15) is 5.10 Å². The normalized spacial score (nSPS) is 15.8. The van der Waals surface area contributed by atoms with Crippen molar-refractivity contribution in [1.29, 1.82) is 0 Å². The van der Waals surface area contributed by atoms with Crippen molar-refractivity contribution in [2.45, 2.75) is 31.9 Å². The number of benzene rings is 1. The first-order valence-corrected chi connectivity index (χ1v) is 12.1. The van der Waals surface area contributed by atoms with Crippen LogP contribution in [0.15, 0.2) is 47.5 Å². The quantitative estimate of drug-likeness (QED) is 0.300. The molecule has 1 unspecified atom stereocenters. The van der Waals surface area contributed by atoms with Crippen LogP contribution in [0.25, 0.3) is 28.2 Å². The molecule has 4 heterocycles. The largest absolute Gasteiger partial charge is 0.479 e. The zero-order valence-electron chi connectivity index (χ0n) is 19.0. The van der Waals surface area contributed by atoms with Crippen LogP contribution < -0.4 is 15.8 Å². The third kappa shape index (κ3) is 4.74. The molecule has 4 aromatic rings. The smallest absolute Gasteiger partial charge is 0.205 e. The summed E-state index contributed by atoms with van der Waals surface area (Å²) in [7, 11) is 0. The van der Waals surface area contributed by atoms with Crippen LogP contribution >= 0.6 is 23.2 Å². The SMILES string of the molecule is CC(C=Cc1c(Cl)ccc(F)c1Cl)Oc1c(N)ncc2c(-c3cnn(C4CCNCC4)c3)coc12. The number of nitrogens with two attached hydrogens (primary N) is 1. The van der Waals surface area contributed by atoms with E-state index < -0.39 is 11.9 Å². The Hall–Kier alpha value is -3.07. The van der Waals surface area contributed by atoms with Gasteiger partial charge in [0.2, 0.25) is 5.75 Å². The summed E-state index contributed by atoms with van der Waals surface area (Å²) in [6, 6.07) is 3.05. The number of halogens is 3. The molecule has 1 aliphatic rings. The number of pyridine rings is 1. The number of nitrogens with zero attached hydrogens (tertiary/aromatic N) is 3. The minimum atomic E-state index is -0.547. The molecule has 0 spiro atoms. The van der Waals surface area contributed by atoms with Crippen molar-refractivity contribution in [3.8, 4) is 16.9 Å². The van der Waals surface area contributed by atoms with Gasteiger partial charge in [-0.3, -0.25) is 4.68 Å². The zero-order chi connectivity index (χ0) is 24.5. The number of rotatable bonds is 6. The molecule has 1 saturated heterocycles. The lowest BCUT2D eigenvalue weighted by Crippen LogP contribution is -2.29. The van der Waals surface area contributed by atoms with Gasteiger partial charge in [0.25, 0.3) is 0 Å². The standard InChI is InChI=1S/C25H24Cl2FN5O2/c1-14(2-3-17-20(26)4-5-21(28)22(17)27)35-24-23-18(11-31-25(24)29)19(13-34-23)15-10-32-33(12-15)16-6-8-30-9-7-16/h2-5,10-14,16,30H,6-9H2,1H3,(H2,29,31). The van der Waals surface area contributed by atoms with Gasteiger partial charge in [-0.05, 0) is 51.1 Å². The number of fused-ring (bicyclic) bond motifs is 1. The van der Waals surface area contributed by atoms with Gasteiger partial charge in [-0.15, -0.1) is 0 Å². The summed E-state index contributed by atoms with van der Waals surface area (Å²) in [6.07, 6.45) is 12.1. The Morgan fingerprint density at radius 1 is 1.29 bits per heavy atom. The second kappa shape index (κ2) is 9.89. The van der Waals surface area contributed by atoms with Crippen molar-refractivity contribution in [3.63, 3.8) is 0 Å². The first-order valence-electron chi connectivity index (χ1n) is 11.3. The van der Waals surface area contributed by atoms with Crippen molar-refractivity contribution < 1.29 is 13.5 Å². The second-order valence-electron chi connectivity index (χ2n) is 8.49. The molecule has 0 aliphatic carbocycles. The molecule has 3 aromatic heterocycles. The van der Waals surface area contributed by atoms with E-state index in [0.717, 1.165) is 42.4 Å². The van der Waals surface area contributed by atoms with E-state index in [4.69, 9.17) is 38.1 Å². The lowest BCUT2D eigenvalue weighted by Gasteiger charge is -2.22. The first kappa shape index (κ1) is 23.7. The maximum Gasteiger partial charge on any atom is 0.205 e. The van der Waals surface area contributed by atoms with Crippen LogP contribution in [0.3, 0.4) is 0 Å². The molecule has 5 rings (SSSR count). The first-order chi connectivity index (χ1) is 16.9. The minimum absolute atomic E-state index is 0.0510. The number of piperidine rings is 1. The molecule has 7 nitrogen and oxygen atoms in total. The van der Waals surface area contributed by atoms with Gasteiger partial charge in [-0.25, -0.2) is 9.37 Å². The van der Waals surface area contributed by atoms with Crippen LogP contribution in [0, 0.1) is 5.82 Å². The topological polar surface area (TPSA) is 91.1 Å². The summed E-state index contributed by atoms with van der Waals surface area (Å²) in [5.74, 6) is -0.0203. The Morgan fingerprint density at radius 3 is 2.89 bits per heavy atom. The van der Waals surface area contributed by atoms with Crippen LogP contribution in [0.4, 0.5) is 10.2 Å². The molecule has 0 saturated carbocycles. The molecular weight excluding hydrogens is 492 g/mol. The zero-order valence-corrected chi connectivity index (χ0v) is 20.5. The van der Waals surface area contributed by atoms with Gasteiger partial charge >= 0.3 is 0 Å². The Bertz CT molecular complexity index is 1390. The summed E-state index contributed by atoms with van der Waals surface area (Å²) in [5.41, 5.74) is 8.78. The minimum Gasteiger partial charge on any atom is -0.479 e. The maximum absolute atomic E-state index is 13.8. The van der Waals surface area contributed by atoms with Gasteiger partial charge in [0, 0.05) is 34.1 Å². The van der Waals surface area contributed by atoms with E-state index in [1.165, 1.54) is 12.1 Å². The van der Waals surface area contributed by atoms with Crippen LogP contribution in [0.5, 0.6) is 5.75 Å². The highest BCUT2D eigenvalue weighted by Gasteiger charge is 2.21. The fourth-order valence-corrected chi connectivity index (χ4v) is 4.71. The lowest BCUT2D eigenvalue weighted by atomic mass is 10.1. The number of hydrogen-bond donors (Lipinski definition) is 2. The van der Waals surface area contributed by atoms with Gasteiger partial charge < -0.3 is 20.2 Å². The van der Waals surface area contributed by atoms with Crippen molar-refractivity contribution >= 4 is 46.1 Å². The van der Waals surface area contributed by atoms with Gasteiger partial charge in [-0.1, -0.05) is 29.3 Å². The molecule has 35 heavy (non-hydrogen) atoms. The van der Waals surface area contributed by atoms with E-state index in [0.29, 0.717) is 28.0 Å². The van der Waals surface area contributed by atoms with E-state index in [-0.39, 0.29) is 10.8 Å². The van der Waals surface area contributed by atoms with Gasteiger partial charge in [0.05, 0.1) is 22.6 Å². The van der Waals surface area contributed by atoms with E-state index >= 15 is 0 Å². The van der Waals surface area contributed by atoms with Crippen molar-refractivity contribution in [1.82, 2.24) is 20.1 Å². The Kier molecular flexibility index (Phi) is 6.69. The number of anilines is 1. The third-order valence-electron chi connectivity index (χ3n) is 6.11. The molecule has 3 N–H and O–H groups in total. The predicted octanol–water partition coefficient (Wildman–Crippen LogP) is 6.12. The number of hydrogen-bond acceptors (Lipinski definition) is 6. The lowest BCUT2D eigenvalue weighted by molar-refractivity contribution is 0.271. The van der Waals surface area contributed by atoms with Crippen molar-refractivity contribution in [2.75, 3.05) is 18.8 Å². The van der Waals surface area contributed by atoms with E-state index in [1.807, 2.05) is 24.0 Å². The fourth-order valence-electron chi connectivity index (χ4n) is 4.22. The monoisotopic (exact) mass is 515 g/mol. The summed E-state index contributed by atoms with van der Waals surface area (Å²) < 4.78 is 27.8. The molecule has 0 bridgehead atoms. The van der Waals surface area contributed by atoms with Crippen LogP contribution in [0.2, 0.25) is 10.0 Å². The average Bonchev–Trinajstić information content (AvgIpc) is 3.51. The Morgan fingerprint density at radius 2 is 2.09 bits per heavy atom. The van der Waals surface area contributed by atoms with Crippen LogP contribution in [-0.4, -0.2) is 34.0 Å². The highest BCUT2D eigenvalue weighted by molar-refractivity contribution is 6.37. The predicted molar refractivity (Wildman–Crippen MR) is 136 cm³/mol. The molecule has 1 aromatic carbocycles. The van der Waals surface area contributed by atoms with E-state index in [9.17, 15) is 4.39 Å². The van der Waals surface area contributed by atoms with Gasteiger partial charge in [0.1, 0.15) is 18.2 Å². The highest BCUT2D eigenvalue weighted by atomic mass is 35.5. The van der Waals surface area contributed by atoms with Crippen molar-refractivity contribution in [3.05, 3.63) is 64.5 Å². The highest BCUT2D eigenvalue weighted by Crippen LogP contribution is 2.38. The molecule has 0 amide bonds. The van der Waals surface area contributed by atoms with Crippen LogP contribution in [-0.2, 0) is 0 Å². The molecule has 10 heteroatoms. The molecular formula is C25H24Cl2FN5O2. The van der Waals surface area contributed by atoms with Gasteiger partial charge in [0.15, 0.2) is 11.4 Å². The van der Waals surface area contributed by atoms with E-state index in [2.05, 4.69) is 15.4 Å². The van der Waals surface area contributed by atoms with Crippen LogP contribution in [0.1, 0.15) is 31.4 Å². The Balaban J connectivity index is 1.40. The molecule has 1 fully saturated rings. The van der Waals surface area contributed by atoms with E-state index in [1.54, 1.807) is 24.6 Å². The number of nitrogens with one attached hydrogen (secondary N) is 1. The third-order valence-corrected chi connectivity index (χ3v) is 6.83. The molecule has 0 radical (unpaired) electrons. The number of nitrogen functional groups attached to an aromatic ring is 1. The Labute approximate surface area is 211 Å².